The third kappa shape index (κ3) is 3.87. The summed E-state index contributed by atoms with van der Waals surface area (Å²) >= 11 is 0. The molecule has 2 rings (SSSR count). The van der Waals surface area contributed by atoms with E-state index in [0.29, 0.717) is 6.04 Å². The summed E-state index contributed by atoms with van der Waals surface area (Å²) in [5.74, 6) is 2.57. The number of guanidine groups is 1. The van der Waals surface area contributed by atoms with Gasteiger partial charge in [-0.3, -0.25) is 4.99 Å². The van der Waals surface area contributed by atoms with Gasteiger partial charge in [0.1, 0.15) is 0 Å². The SMILES string of the molecule is CCNC(=NCC1CCN(C)C1)NC1CC1C. The molecule has 0 aromatic heterocycles. The first kappa shape index (κ1) is 12.7. The molecule has 3 atom stereocenters. The van der Waals surface area contributed by atoms with Gasteiger partial charge in [0.2, 0.25) is 0 Å². The Balaban J connectivity index is 1.77. The molecule has 2 fully saturated rings. The summed E-state index contributed by atoms with van der Waals surface area (Å²) in [6.45, 7) is 8.73. The van der Waals surface area contributed by atoms with Crippen molar-refractivity contribution in [2.45, 2.75) is 32.7 Å². The Hall–Kier alpha value is -0.770. The second kappa shape index (κ2) is 5.71. The predicted molar refractivity (Wildman–Crippen MR) is 72.3 cm³/mol. The van der Waals surface area contributed by atoms with Crippen molar-refractivity contribution in [2.24, 2.45) is 16.8 Å². The van der Waals surface area contributed by atoms with Crippen LogP contribution >= 0.6 is 0 Å². The average molecular weight is 238 g/mol. The first-order valence-electron chi connectivity index (χ1n) is 6.92. The van der Waals surface area contributed by atoms with Gasteiger partial charge in [0.05, 0.1) is 0 Å². The third-order valence-electron chi connectivity index (χ3n) is 3.77. The Bertz CT molecular complexity index is 277. The van der Waals surface area contributed by atoms with Crippen LogP contribution in [0.3, 0.4) is 0 Å². The van der Waals surface area contributed by atoms with Crippen molar-refractivity contribution in [3.63, 3.8) is 0 Å². The topological polar surface area (TPSA) is 39.7 Å². The Morgan fingerprint density at radius 3 is 2.76 bits per heavy atom. The first-order chi connectivity index (χ1) is 8.19. The molecule has 0 aromatic carbocycles. The molecule has 1 heterocycles. The molecule has 0 amide bonds. The zero-order valence-electron chi connectivity index (χ0n) is 11.4. The summed E-state index contributed by atoms with van der Waals surface area (Å²) < 4.78 is 0. The normalized spacial score (nSPS) is 33.8. The van der Waals surface area contributed by atoms with E-state index in [1.165, 1.54) is 25.9 Å². The molecule has 1 saturated heterocycles. The monoisotopic (exact) mass is 238 g/mol. The summed E-state index contributed by atoms with van der Waals surface area (Å²) in [7, 11) is 2.19. The standard InChI is InChI=1S/C13H26N4/c1-4-14-13(16-12-7-10(12)2)15-8-11-5-6-17(3)9-11/h10-12H,4-9H2,1-3H3,(H2,14,15,16). The second-order valence-corrected chi connectivity index (χ2v) is 5.60. The molecule has 1 aliphatic carbocycles. The average Bonchev–Trinajstić information content (AvgIpc) is 2.81. The molecular weight excluding hydrogens is 212 g/mol. The number of hydrogen-bond donors (Lipinski definition) is 2. The zero-order valence-corrected chi connectivity index (χ0v) is 11.4. The van der Waals surface area contributed by atoms with Crippen LogP contribution in [0.2, 0.25) is 0 Å². The van der Waals surface area contributed by atoms with Crippen LogP contribution in [-0.2, 0) is 0 Å². The van der Waals surface area contributed by atoms with Crippen LogP contribution in [0.25, 0.3) is 0 Å². The Morgan fingerprint density at radius 1 is 1.47 bits per heavy atom. The van der Waals surface area contributed by atoms with Crippen molar-refractivity contribution in [1.82, 2.24) is 15.5 Å². The molecule has 4 nitrogen and oxygen atoms in total. The van der Waals surface area contributed by atoms with E-state index in [1.807, 2.05) is 0 Å². The maximum Gasteiger partial charge on any atom is 0.191 e. The number of hydrogen-bond acceptors (Lipinski definition) is 2. The van der Waals surface area contributed by atoms with E-state index >= 15 is 0 Å². The van der Waals surface area contributed by atoms with E-state index < -0.39 is 0 Å². The maximum atomic E-state index is 4.71. The highest BCUT2D eigenvalue weighted by Crippen LogP contribution is 2.28. The molecule has 98 valence electrons. The second-order valence-electron chi connectivity index (χ2n) is 5.60. The number of nitrogens with one attached hydrogen (secondary N) is 2. The van der Waals surface area contributed by atoms with Crippen LogP contribution in [0.1, 0.15) is 26.7 Å². The van der Waals surface area contributed by atoms with E-state index in [4.69, 9.17) is 4.99 Å². The fourth-order valence-corrected chi connectivity index (χ4v) is 2.41. The van der Waals surface area contributed by atoms with E-state index in [1.54, 1.807) is 0 Å². The van der Waals surface area contributed by atoms with Gasteiger partial charge in [0.25, 0.3) is 0 Å². The van der Waals surface area contributed by atoms with E-state index in [2.05, 4.69) is 36.4 Å². The van der Waals surface area contributed by atoms with Gasteiger partial charge in [-0.15, -0.1) is 0 Å². The quantitative estimate of drug-likeness (QED) is 0.565. The summed E-state index contributed by atoms with van der Waals surface area (Å²) in [6, 6.07) is 0.652. The summed E-state index contributed by atoms with van der Waals surface area (Å²) in [5.41, 5.74) is 0. The van der Waals surface area contributed by atoms with Crippen molar-refractivity contribution < 1.29 is 0 Å². The number of aliphatic imine (C=N–C) groups is 1. The van der Waals surface area contributed by atoms with Gasteiger partial charge in [0.15, 0.2) is 5.96 Å². The lowest BCUT2D eigenvalue weighted by molar-refractivity contribution is 0.397. The lowest BCUT2D eigenvalue weighted by Crippen LogP contribution is -2.39. The smallest absolute Gasteiger partial charge is 0.191 e. The van der Waals surface area contributed by atoms with Crippen LogP contribution < -0.4 is 10.6 Å². The Morgan fingerprint density at radius 2 is 2.24 bits per heavy atom. The third-order valence-corrected chi connectivity index (χ3v) is 3.77. The van der Waals surface area contributed by atoms with Crippen LogP contribution in [0, 0.1) is 11.8 Å². The van der Waals surface area contributed by atoms with Gasteiger partial charge < -0.3 is 15.5 Å². The summed E-state index contributed by atoms with van der Waals surface area (Å²) in [4.78, 5) is 7.10. The highest BCUT2D eigenvalue weighted by molar-refractivity contribution is 5.80. The Kier molecular flexibility index (Phi) is 4.26. The zero-order chi connectivity index (χ0) is 12.3. The van der Waals surface area contributed by atoms with Gasteiger partial charge in [-0.05, 0) is 45.2 Å². The first-order valence-corrected chi connectivity index (χ1v) is 6.92. The minimum absolute atomic E-state index is 0.652. The molecular formula is C13H26N4. The fourth-order valence-electron chi connectivity index (χ4n) is 2.41. The molecule has 1 saturated carbocycles. The minimum atomic E-state index is 0.652. The van der Waals surface area contributed by atoms with Crippen molar-refractivity contribution in [3.8, 4) is 0 Å². The highest BCUT2D eigenvalue weighted by atomic mass is 15.2. The van der Waals surface area contributed by atoms with Gasteiger partial charge in [-0.1, -0.05) is 6.92 Å². The van der Waals surface area contributed by atoms with E-state index in [-0.39, 0.29) is 0 Å². The molecule has 1 aliphatic heterocycles. The van der Waals surface area contributed by atoms with Crippen LogP contribution in [0.5, 0.6) is 0 Å². The van der Waals surface area contributed by atoms with E-state index in [9.17, 15) is 0 Å². The molecule has 4 heteroatoms. The van der Waals surface area contributed by atoms with Crippen molar-refractivity contribution in [2.75, 3.05) is 33.2 Å². The lowest BCUT2D eigenvalue weighted by Gasteiger charge is -2.12. The van der Waals surface area contributed by atoms with Crippen molar-refractivity contribution >= 4 is 5.96 Å². The Labute approximate surface area is 105 Å². The summed E-state index contributed by atoms with van der Waals surface area (Å²) in [6.07, 6.45) is 2.58. The van der Waals surface area contributed by atoms with Crippen molar-refractivity contribution in [1.29, 1.82) is 0 Å². The lowest BCUT2D eigenvalue weighted by atomic mass is 10.1. The van der Waals surface area contributed by atoms with Gasteiger partial charge in [-0.2, -0.15) is 0 Å². The fraction of sp³-hybridized carbons (Fsp3) is 0.923. The molecule has 0 radical (unpaired) electrons. The number of nitrogens with zero attached hydrogens (tertiary/aromatic N) is 2. The van der Waals surface area contributed by atoms with Crippen molar-refractivity contribution in [3.05, 3.63) is 0 Å². The maximum absolute atomic E-state index is 4.71. The van der Waals surface area contributed by atoms with Gasteiger partial charge in [-0.25, -0.2) is 0 Å². The molecule has 0 spiro atoms. The summed E-state index contributed by atoms with van der Waals surface area (Å²) in [5, 5.41) is 6.84. The molecule has 0 aromatic rings. The molecule has 2 N–H and O–H groups in total. The van der Waals surface area contributed by atoms with Gasteiger partial charge in [0, 0.05) is 25.7 Å². The largest absolute Gasteiger partial charge is 0.357 e. The molecule has 3 unspecified atom stereocenters. The van der Waals surface area contributed by atoms with Gasteiger partial charge >= 0.3 is 0 Å². The predicted octanol–water partition coefficient (Wildman–Crippen LogP) is 0.902. The number of rotatable bonds is 4. The highest BCUT2D eigenvalue weighted by Gasteiger charge is 2.33. The number of likely N-dealkylation sites (tertiary alicyclic amines) is 1. The van der Waals surface area contributed by atoms with Crippen LogP contribution in [0.15, 0.2) is 4.99 Å². The molecule has 0 bridgehead atoms. The van der Waals surface area contributed by atoms with E-state index in [0.717, 1.165) is 30.9 Å². The molecule has 17 heavy (non-hydrogen) atoms. The van der Waals surface area contributed by atoms with Crippen LogP contribution in [-0.4, -0.2) is 50.1 Å². The molecule has 2 aliphatic rings. The minimum Gasteiger partial charge on any atom is -0.357 e. The van der Waals surface area contributed by atoms with Crippen LogP contribution in [0.4, 0.5) is 0 Å².